The SMILES string of the molecule is CCCc1c(C(=O)NCC(C)CN)nnn1-c1cccc(Cl)c1.Cl. The third-order valence-electron chi connectivity index (χ3n) is 3.53. The summed E-state index contributed by atoms with van der Waals surface area (Å²) in [7, 11) is 0. The number of nitrogens with two attached hydrogens (primary N) is 1. The number of hydrogen-bond donors (Lipinski definition) is 2. The second-order valence-corrected chi connectivity index (χ2v) is 6.01. The Hall–Kier alpha value is -1.63. The average molecular weight is 372 g/mol. The summed E-state index contributed by atoms with van der Waals surface area (Å²) < 4.78 is 1.68. The number of hydrogen-bond acceptors (Lipinski definition) is 4. The first-order chi connectivity index (χ1) is 11.1. The lowest BCUT2D eigenvalue weighted by Crippen LogP contribution is -2.32. The Bertz CT molecular complexity index is 674. The van der Waals surface area contributed by atoms with Crippen molar-refractivity contribution in [3.05, 3.63) is 40.7 Å². The van der Waals surface area contributed by atoms with Crippen LogP contribution in [-0.4, -0.2) is 34.0 Å². The van der Waals surface area contributed by atoms with E-state index in [1.165, 1.54) is 0 Å². The molecule has 1 amide bonds. The van der Waals surface area contributed by atoms with Crippen LogP contribution in [0.15, 0.2) is 24.3 Å². The van der Waals surface area contributed by atoms with Crippen molar-refractivity contribution in [3.63, 3.8) is 0 Å². The summed E-state index contributed by atoms with van der Waals surface area (Å²) in [4.78, 5) is 12.4. The summed E-state index contributed by atoms with van der Waals surface area (Å²) in [6, 6.07) is 7.33. The van der Waals surface area contributed by atoms with Gasteiger partial charge in [0.2, 0.25) is 0 Å². The summed E-state index contributed by atoms with van der Waals surface area (Å²) in [5.41, 5.74) is 7.51. The van der Waals surface area contributed by atoms with E-state index in [0.717, 1.165) is 17.8 Å². The van der Waals surface area contributed by atoms with Crippen molar-refractivity contribution in [2.45, 2.75) is 26.7 Å². The molecule has 0 aliphatic carbocycles. The van der Waals surface area contributed by atoms with Gasteiger partial charge in [0.15, 0.2) is 5.69 Å². The summed E-state index contributed by atoms with van der Waals surface area (Å²) in [5, 5.41) is 11.7. The van der Waals surface area contributed by atoms with Crippen LogP contribution in [0, 0.1) is 5.92 Å². The molecule has 0 saturated carbocycles. The van der Waals surface area contributed by atoms with E-state index >= 15 is 0 Å². The van der Waals surface area contributed by atoms with Crippen molar-refractivity contribution in [1.29, 1.82) is 0 Å². The molecule has 0 radical (unpaired) electrons. The molecule has 0 aliphatic heterocycles. The lowest BCUT2D eigenvalue weighted by atomic mass is 10.1. The molecule has 8 heteroatoms. The number of nitrogens with zero attached hydrogens (tertiary/aromatic N) is 3. The van der Waals surface area contributed by atoms with Crippen LogP contribution in [0.5, 0.6) is 0 Å². The molecule has 1 heterocycles. The first-order valence-electron chi connectivity index (χ1n) is 7.75. The van der Waals surface area contributed by atoms with Gasteiger partial charge in [-0.1, -0.05) is 43.1 Å². The Balaban J connectivity index is 0.00000288. The van der Waals surface area contributed by atoms with E-state index in [0.29, 0.717) is 30.2 Å². The van der Waals surface area contributed by atoms with Crippen LogP contribution in [0.4, 0.5) is 0 Å². The molecule has 3 N–H and O–H groups in total. The minimum atomic E-state index is -0.220. The van der Waals surface area contributed by atoms with Gasteiger partial charge < -0.3 is 11.1 Å². The van der Waals surface area contributed by atoms with Gasteiger partial charge in [-0.15, -0.1) is 17.5 Å². The highest BCUT2D eigenvalue weighted by atomic mass is 35.5. The van der Waals surface area contributed by atoms with Gasteiger partial charge >= 0.3 is 0 Å². The molecular formula is C16H23Cl2N5O. The molecule has 6 nitrogen and oxygen atoms in total. The van der Waals surface area contributed by atoms with E-state index < -0.39 is 0 Å². The van der Waals surface area contributed by atoms with E-state index in [4.69, 9.17) is 17.3 Å². The van der Waals surface area contributed by atoms with Gasteiger partial charge in [0.25, 0.3) is 5.91 Å². The molecule has 24 heavy (non-hydrogen) atoms. The quantitative estimate of drug-likeness (QED) is 0.782. The summed E-state index contributed by atoms with van der Waals surface area (Å²) in [6.07, 6.45) is 1.59. The Morgan fingerprint density at radius 3 is 2.83 bits per heavy atom. The number of carbonyl (C=O) groups excluding carboxylic acids is 1. The lowest BCUT2D eigenvalue weighted by molar-refractivity contribution is 0.0942. The molecular weight excluding hydrogens is 349 g/mol. The number of halogens is 2. The Labute approximate surface area is 153 Å². The number of rotatable bonds is 7. The maximum Gasteiger partial charge on any atom is 0.273 e. The summed E-state index contributed by atoms with van der Waals surface area (Å²) in [6.45, 7) is 5.08. The summed E-state index contributed by atoms with van der Waals surface area (Å²) in [5.74, 6) is -0.00132. The molecule has 0 aliphatic rings. The van der Waals surface area contributed by atoms with Crippen LogP contribution in [0.2, 0.25) is 5.02 Å². The van der Waals surface area contributed by atoms with Crippen molar-refractivity contribution >= 4 is 29.9 Å². The molecule has 1 aromatic carbocycles. The summed E-state index contributed by atoms with van der Waals surface area (Å²) >= 11 is 6.04. The Morgan fingerprint density at radius 1 is 1.46 bits per heavy atom. The van der Waals surface area contributed by atoms with Crippen LogP contribution in [0.25, 0.3) is 5.69 Å². The van der Waals surface area contributed by atoms with Crippen LogP contribution >= 0.6 is 24.0 Å². The molecule has 2 rings (SSSR count). The predicted octanol–water partition coefficient (Wildman–Crippen LogP) is 2.62. The molecule has 132 valence electrons. The van der Waals surface area contributed by atoms with Crippen LogP contribution in [0.1, 0.15) is 36.5 Å². The van der Waals surface area contributed by atoms with Crippen molar-refractivity contribution in [2.24, 2.45) is 11.7 Å². The van der Waals surface area contributed by atoms with Gasteiger partial charge in [0.05, 0.1) is 11.4 Å². The third-order valence-corrected chi connectivity index (χ3v) is 3.77. The predicted molar refractivity (Wildman–Crippen MR) is 98.2 cm³/mol. The standard InChI is InChI=1S/C16H22ClN5O.ClH/c1-3-5-14-15(16(23)19-10-11(2)9-18)20-21-22(14)13-7-4-6-12(17)8-13;/h4,6-8,11H,3,5,9-10,18H2,1-2H3,(H,19,23);1H. The van der Waals surface area contributed by atoms with Crippen molar-refractivity contribution in [3.8, 4) is 5.69 Å². The van der Waals surface area contributed by atoms with Crippen LogP contribution in [0.3, 0.4) is 0 Å². The Kier molecular flexibility index (Phi) is 8.18. The first-order valence-corrected chi connectivity index (χ1v) is 8.13. The van der Waals surface area contributed by atoms with Gasteiger partial charge in [0, 0.05) is 11.6 Å². The molecule has 0 fully saturated rings. The third kappa shape index (κ3) is 4.93. The monoisotopic (exact) mass is 371 g/mol. The topological polar surface area (TPSA) is 85.8 Å². The molecule has 2 aromatic rings. The van der Waals surface area contributed by atoms with Crippen LogP contribution < -0.4 is 11.1 Å². The smallest absolute Gasteiger partial charge is 0.273 e. The minimum Gasteiger partial charge on any atom is -0.350 e. The second-order valence-electron chi connectivity index (χ2n) is 5.58. The highest BCUT2D eigenvalue weighted by Crippen LogP contribution is 2.18. The molecule has 0 spiro atoms. The Morgan fingerprint density at radius 2 is 2.21 bits per heavy atom. The highest BCUT2D eigenvalue weighted by Gasteiger charge is 2.20. The second kappa shape index (κ2) is 9.61. The lowest BCUT2D eigenvalue weighted by Gasteiger charge is -2.10. The van der Waals surface area contributed by atoms with E-state index in [1.807, 2.05) is 26.0 Å². The van der Waals surface area contributed by atoms with E-state index in [9.17, 15) is 4.79 Å². The van der Waals surface area contributed by atoms with Gasteiger partial charge in [-0.25, -0.2) is 4.68 Å². The normalized spacial score (nSPS) is 11.7. The number of amides is 1. The zero-order valence-electron chi connectivity index (χ0n) is 13.8. The maximum atomic E-state index is 12.4. The molecule has 1 aromatic heterocycles. The highest BCUT2D eigenvalue weighted by molar-refractivity contribution is 6.30. The fraction of sp³-hybridized carbons (Fsp3) is 0.438. The maximum absolute atomic E-state index is 12.4. The molecule has 1 unspecified atom stereocenters. The fourth-order valence-electron chi connectivity index (χ4n) is 2.19. The largest absolute Gasteiger partial charge is 0.350 e. The van der Waals surface area contributed by atoms with E-state index in [-0.39, 0.29) is 24.2 Å². The van der Waals surface area contributed by atoms with Gasteiger partial charge in [-0.3, -0.25) is 4.79 Å². The van der Waals surface area contributed by atoms with E-state index in [2.05, 4.69) is 15.6 Å². The fourth-order valence-corrected chi connectivity index (χ4v) is 2.37. The number of carbonyl (C=O) groups is 1. The molecule has 1 atom stereocenters. The van der Waals surface area contributed by atoms with Crippen molar-refractivity contribution < 1.29 is 4.79 Å². The zero-order valence-corrected chi connectivity index (χ0v) is 15.4. The first kappa shape index (κ1) is 20.4. The van der Waals surface area contributed by atoms with Crippen LogP contribution in [-0.2, 0) is 6.42 Å². The molecule has 0 bridgehead atoms. The van der Waals surface area contributed by atoms with Gasteiger partial charge in [-0.2, -0.15) is 0 Å². The van der Waals surface area contributed by atoms with Gasteiger partial charge in [-0.05, 0) is 37.1 Å². The van der Waals surface area contributed by atoms with E-state index in [1.54, 1.807) is 16.8 Å². The molecule has 0 saturated heterocycles. The average Bonchev–Trinajstić information content (AvgIpc) is 2.96. The van der Waals surface area contributed by atoms with Crippen molar-refractivity contribution in [1.82, 2.24) is 20.3 Å². The number of benzene rings is 1. The number of aromatic nitrogens is 3. The minimum absolute atomic E-state index is 0. The number of nitrogens with one attached hydrogen (secondary N) is 1. The van der Waals surface area contributed by atoms with Crippen molar-refractivity contribution in [2.75, 3.05) is 13.1 Å². The van der Waals surface area contributed by atoms with Gasteiger partial charge in [0.1, 0.15) is 0 Å². The zero-order chi connectivity index (χ0) is 16.8.